The molecule has 3 unspecified atom stereocenters. The van der Waals surface area contributed by atoms with E-state index in [0.29, 0.717) is 5.41 Å². The fourth-order valence-corrected chi connectivity index (χ4v) is 7.39. The Kier molecular flexibility index (Phi) is 2.07. The van der Waals surface area contributed by atoms with Crippen molar-refractivity contribution >= 4 is 18.5 Å². The normalized spacial score (nSPS) is 30.7. The number of rotatable bonds is 1. The Balaban J connectivity index is 1.89. The lowest BCUT2D eigenvalue weighted by molar-refractivity contribution is 0.622. The van der Waals surface area contributed by atoms with E-state index in [0.717, 1.165) is 11.6 Å². The molecule has 90 valence electrons. The van der Waals surface area contributed by atoms with Crippen molar-refractivity contribution < 1.29 is 0 Å². The van der Waals surface area contributed by atoms with Gasteiger partial charge in [0.05, 0.1) is 0 Å². The van der Waals surface area contributed by atoms with Crippen molar-refractivity contribution in [2.75, 3.05) is 0 Å². The van der Waals surface area contributed by atoms with Crippen molar-refractivity contribution in [3.63, 3.8) is 0 Å². The lowest BCUT2D eigenvalue weighted by Gasteiger charge is -2.21. The number of benzene rings is 2. The van der Waals surface area contributed by atoms with E-state index in [1.165, 1.54) is 0 Å². The zero-order valence-corrected chi connectivity index (χ0v) is 11.7. The minimum absolute atomic E-state index is 0.131. The topological polar surface area (TPSA) is 0 Å². The summed E-state index contributed by atoms with van der Waals surface area (Å²) in [6.45, 7) is 4.88. The number of hydrogen-bond donors (Lipinski definition) is 0. The fraction of sp³-hybridized carbons (Fsp3) is 0.294. The second kappa shape index (κ2) is 3.45. The summed E-state index contributed by atoms with van der Waals surface area (Å²) in [7, 11) is -0.131. The molecule has 0 saturated heterocycles. The van der Waals surface area contributed by atoms with E-state index in [2.05, 4.69) is 68.4 Å². The molecule has 2 aromatic rings. The average molecular weight is 252 g/mol. The van der Waals surface area contributed by atoms with E-state index < -0.39 is 0 Å². The molecule has 1 heteroatoms. The summed E-state index contributed by atoms with van der Waals surface area (Å²) in [6, 6.07) is 20.2. The Bertz CT molecular complexity index is 600. The van der Waals surface area contributed by atoms with Gasteiger partial charge in [-0.05, 0) is 35.4 Å². The molecule has 3 atom stereocenters. The third kappa shape index (κ3) is 1.25. The largest absolute Gasteiger partial charge is 0.0622 e. The van der Waals surface area contributed by atoms with Crippen molar-refractivity contribution in [3.8, 4) is 0 Å². The molecule has 0 radical (unpaired) electrons. The molecule has 1 heterocycles. The first-order valence-corrected chi connectivity index (χ1v) is 8.05. The van der Waals surface area contributed by atoms with Crippen LogP contribution in [-0.4, -0.2) is 5.66 Å². The van der Waals surface area contributed by atoms with Gasteiger partial charge in [0.1, 0.15) is 0 Å². The highest BCUT2D eigenvalue weighted by Gasteiger charge is 2.66. The van der Waals surface area contributed by atoms with Crippen LogP contribution in [0.15, 0.2) is 54.6 Å². The van der Waals surface area contributed by atoms with Gasteiger partial charge in [-0.3, -0.25) is 0 Å². The first kappa shape index (κ1) is 10.8. The summed E-state index contributed by atoms with van der Waals surface area (Å²) in [4.78, 5) is 0. The molecule has 1 aliphatic carbocycles. The Morgan fingerprint density at radius 1 is 0.889 bits per heavy atom. The number of fused-ring (bicyclic) bond motifs is 3. The maximum Gasteiger partial charge on any atom is 0.000310 e. The smallest absolute Gasteiger partial charge is 0.000310 e. The Labute approximate surface area is 110 Å². The molecule has 2 aromatic carbocycles. The molecule has 4 rings (SSSR count). The highest BCUT2D eigenvalue weighted by Crippen LogP contribution is 2.76. The van der Waals surface area contributed by atoms with Gasteiger partial charge < -0.3 is 0 Å². The van der Waals surface area contributed by atoms with E-state index in [1.54, 1.807) is 16.2 Å². The van der Waals surface area contributed by atoms with Gasteiger partial charge in [0.2, 0.25) is 0 Å². The second-order valence-corrected chi connectivity index (χ2v) is 8.30. The van der Waals surface area contributed by atoms with Crippen molar-refractivity contribution in [1.82, 2.24) is 0 Å². The van der Waals surface area contributed by atoms with Crippen LogP contribution < -0.4 is 10.6 Å². The van der Waals surface area contributed by atoms with E-state index in [1.807, 2.05) is 0 Å². The fourth-order valence-electron chi connectivity index (χ4n) is 3.67. The van der Waals surface area contributed by atoms with Crippen LogP contribution in [0.3, 0.4) is 0 Å². The zero-order chi connectivity index (χ0) is 12.3. The quantitative estimate of drug-likeness (QED) is 0.680. The van der Waals surface area contributed by atoms with Crippen molar-refractivity contribution in [2.45, 2.75) is 25.4 Å². The van der Waals surface area contributed by atoms with Crippen LogP contribution in [0.4, 0.5) is 0 Å². The van der Waals surface area contributed by atoms with E-state index in [-0.39, 0.29) is 7.92 Å². The Morgan fingerprint density at radius 2 is 1.56 bits per heavy atom. The summed E-state index contributed by atoms with van der Waals surface area (Å²) < 4.78 is 0. The monoisotopic (exact) mass is 252 g/mol. The van der Waals surface area contributed by atoms with Crippen LogP contribution in [-0.2, 0) is 0 Å². The molecule has 0 N–H and O–H groups in total. The van der Waals surface area contributed by atoms with Gasteiger partial charge in [-0.2, -0.15) is 0 Å². The molecule has 1 fully saturated rings. The van der Waals surface area contributed by atoms with Gasteiger partial charge in [-0.15, -0.1) is 0 Å². The zero-order valence-electron chi connectivity index (χ0n) is 10.8. The number of hydrogen-bond acceptors (Lipinski definition) is 0. The SMILES string of the molecule is CC1(C)C2c3ccccc3P(c3ccccc3)C21. The molecule has 1 aliphatic heterocycles. The summed E-state index contributed by atoms with van der Waals surface area (Å²) in [6.07, 6.45) is 0. The van der Waals surface area contributed by atoms with E-state index >= 15 is 0 Å². The molecule has 0 amide bonds. The predicted octanol–water partition coefficient (Wildman–Crippen LogP) is 3.62. The summed E-state index contributed by atoms with van der Waals surface area (Å²) >= 11 is 0. The Hall–Kier alpha value is -1.13. The first-order valence-electron chi connectivity index (χ1n) is 6.64. The van der Waals surface area contributed by atoms with Crippen LogP contribution in [0.1, 0.15) is 25.3 Å². The van der Waals surface area contributed by atoms with Crippen molar-refractivity contribution in [1.29, 1.82) is 0 Å². The summed E-state index contributed by atoms with van der Waals surface area (Å²) in [5, 5.41) is 3.19. The second-order valence-electron chi connectivity index (χ2n) is 6.01. The average Bonchev–Trinajstić information content (AvgIpc) is 2.81. The lowest BCUT2D eigenvalue weighted by atomic mass is 10.0. The van der Waals surface area contributed by atoms with Crippen LogP contribution in [0.2, 0.25) is 0 Å². The maximum atomic E-state index is 2.44. The van der Waals surface area contributed by atoms with Gasteiger partial charge in [0.25, 0.3) is 0 Å². The van der Waals surface area contributed by atoms with Gasteiger partial charge in [0.15, 0.2) is 0 Å². The van der Waals surface area contributed by atoms with Crippen LogP contribution >= 0.6 is 7.92 Å². The van der Waals surface area contributed by atoms with Gasteiger partial charge in [-0.25, -0.2) is 0 Å². The molecule has 18 heavy (non-hydrogen) atoms. The molecule has 0 spiro atoms. The highest BCUT2D eigenvalue weighted by molar-refractivity contribution is 7.74. The van der Waals surface area contributed by atoms with Gasteiger partial charge in [-0.1, -0.05) is 68.4 Å². The van der Waals surface area contributed by atoms with Gasteiger partial charge >= 0.3 is 0 Å². The van der Waals surface area contributed by atoms with Crippen molar-refractivity contribution in [2.24, 2.45) is 5.41 Å². The Morgan fingerprint density at radius 3 is 2.33 bits per heavy atom. The van der Waals surface area contributed by atoms with Crippen molar-refractivity contribution in [3.05, 3.63) is 60.2 Å². The molecule has 1 saturated carbocycles. The first-order chi connectivity index (χ1) is 8.71. The van der Waals surface area contributed by atoms with Crippen LogP contribution in [0.5, 0.6) is 0 Å². The standard InChI is InChI=1S/C17H17P/c1-17(2)15-13-10-6-7-11-14(13)18(16(15)17)12-8-4-3-5-9-12/h3-11,15-16H,1-2H3. The molecule has 0 aromatic heterocycles. The summed E-state index contributed by atoms with van der Waals surface area (Å²) in [5.41, 5.74) is 3.00. The third-order valence-electron chi connectivity index (χ3n) is 4.61. The van der Waals surface area contributed by atoms with E-state index in [4.69, 9.17) is 0 Å². The molecular formula is C17H17P. The minimum Gasteiger partial charge on any atom is -0.0622 e. The van der Waals surface area contributed by atoms with Crippen LogP contribution in [0.25, 0.3) is 0 Å². The van der Waals surface area contributed by atoms with Gasteiger partial charge in [0, 0.05) is 5.66 Å². The molecule has 0 bridgehead atoms. The van der Waals surface area contributed by atoms with Crippen LogP contribution in [0, 0.1) is 5.41 Å². The maximum absolute atomic E-state index is 2.44. The predicted molar refractivity (Wildman–Crippen MR) is 79.4 cm³/mol. The minimum atomic E-state index is -0.131. The highest BCUT2D eigenvalue weighted by atomic mass is 31.1. The third-order valence-corrected chi connectivity index (χ3v) is 7.92. The molecule has 2 aliphatic rings. The van der Waals surface area contributed by atoms with E-state index in [9.17, 15) is 0 Å². The lowest BCUT2D eigenvalue weighted by Crippen LogP contribution is -2.17. The summed E-state index contributed by atoms with van der Waals surface area (Å²) in [5.74, 6) is 0.806. The molecule has 0 nitrogen and oxygen atoms in total. The molecular weight excluding hydrogens is 235 g/mol.